The van der Waals surface area contributed by atoms with E-state index in [1.165, 1.54) is 0 Å². The summed E-state index contributed by atoms with van der Waals surface area (Å²) in [4.78, 5) is 0. The van der Waals surface area contributed by atoms with E-state index in [1.54, 1.807) is 24.3 Å². The van der Waals surface area contributed by atoms with Gasteiger partial charge in [0.1, 0.15) is 5.82 Å². The maximum Gasteiger partial charge on any atom is 0.142 e. The van der Waals surface area contributed by atoms with Gasteiger partial charge >= 0.3 is 0 Å². The van der Waals surface area contributed by atoms with Crippen LogP contribution in [-0.4, -0.2) is 0 Å². The van der Waals surface area contributed by atoms with Gasteiger partial charge in [0.05, 0.1) is 10.5 Å². The van der Waals surface area contributed by atoms with Crippen molar-refractivity contribution in [2.75, 3.05) is 0 Å². The average molecular weight is 344 g/mol. The molecule has 0 saturated carbocycles. The molecule has 0 saturated heterocycles. The molecule has 0 amide bonds. The van der Waals surface area contributed by atoms with Crippen molar-refractivity contribution in [1.82, 2.24) is 5.43 Å². The molecule has 5 heteroatoms. The highest BCUT2D eigenvalue weighted by Crippen LogP contribution is 2.31. The summed E-state index contributed by atoms with van der Waals surface area (Å²) in [7, 11) is 0. The van der Waals surface area contributed by atoms with Crippen LogP contribution in [-0.2, 0) is 0 Å². The van der Waals surface area contributed by atoms with Crippen molar-refractivity contribution in [3.05, 3.63) is 68.4 Å². The van der Waals surface area contributed by atoms with Crippen LogP contribution in [0.5, 0.6) is 0 Å². The van der Waals surface area contributed by atoms with Crippen LogP contribution in [0.15, 0.2) is 40.9 Å². The van der Waals surface area contributed by atoms with Gasteiger partial charge in [-0.05, 0) is 46.1 Å². The van der Waals surface area contributed by atoms with Gasteiger partial charge in [-0.3, -0.25) is 5.84 Å². The van der Waals surface area contributed by atoms with Crippen LogP contribution in [0.4, 0.5) is 4.39 Å². The Bertz CT molecular complexity index is 552. The monoisotopic (exact) mass is 342 g/mol. The van der Waals surface area contributed by atoms with Crippen molar-refractivity contribution < 1.29 is 4.39 Å². The molecule has 0 radical (unpaired) electrons. The van der Waals surface area contributed by atoms with Crippen LogP contribution in [0.25, 0.3) is 0 Å². The van der Waals surface area contributed by atoms with Gasteiger partial charge < -0.3 is 0 Å². The summed E-state index contributed by atoms with van der Waals surface area (Å²) in [6.07, 6.45) is 0. The minimum absolute atomic E-state index is 0.329. The van der Waals surface area contributed by atoms with Crippen LogP contribution in [0.2, 0.25) is 5.02 Å². The quantitative estimate of drug-likeness (QED) is 0.650. The fraction of sp³-hybridized carbons (Fsp3) is 0.143. The Balaban J connectivity index is 2.57. The first-order chi connectivity index (χ1) is 9.06. The van der Waals surface area contributed by atoms with Crippen molar-refractivity contribution in [3.63, 3.8) is 0 Å². The van der Waals surface area contributed by atoms with Gasteiger partial charge in [-0.1, -0.05) is 35.9 Å². The van der Waals surface area contributed by atoms with Gasteiger partial charge in [-0.25, -0.2) is 9.82 Å². The molecular weight excluding hydrogens is 331 g/mol. The Morgan fingerprint density at radius 3 is 2.53 bits per heavy atom. The van der Waals surface area contributed by atoms with Gasteiger partial charge in [0.25, 0.3) is 0 Å². The van der Waals surface area contributed by atoms with Gasteiger partial charge in [0.2, 0.25) is 0 Å². The molecule has 0 aliphatic heterocycles. The second-order valence-electron chi connectivity index (χ2n) is 4.20. The molecule has 3 N–H and O–H groups in total. The van der Waals surface area contributed by atoms with E-state index < -0.39 is 6.04 Å². The van der Waals surface area contributed by atoms with Crippen LogP contribution in [0.1, 0.15) is 22.7 Å². The number of rotatable bonds is 3. The van der Waals surface area contributed by atoms with E-state index in [9.17, 15) is 4.39 Å². The summed E-state index contributed by atoms with van der Waals surface area (Å²) in [5.74, 6) is 5.27. The lowest BCUT2D eigenvalue weighted by atomic mass is 9.95. The molecule has 2 aromatic rings. The van der Waals surface area contributed by atoms with E-state index in [-0.39, 0.29) is 5.82 Å². The molecule has 2 nitrogen and oxygen atoms in total. The molecule has 1 atom stereocenters. The van der Waals surface area contributed by atoms with Crippen LogP contribution in [0.3, 0.4) is 0 Å². The molecule has 0 bridgehead atoms. The summed E-state index contributed by atoms with van der Waals surface area (Å²) in [6, 6.07) is 10.2. The van der Waals surface area contributed by atoms with E-state index in [2.05, 4.69) is 21.4 Å². The summed E-state index contributed by atoms with van der Waals surface area (Å²) in [6.45, 7) is 1.89. The zero-order chi connectivity index (χ0) is 14.0. The number of nitrogens with two attached hydrogens (primary N) is 1. The fourth-order valence-corrected chi connectivity index (χ4v) is 2.59. The lowest BCUT2D eigenvalue weighted by Crippen LogP contribution is -2.30. The highest BCUT2D eigenvalue weighted by atomic mass is 79.9. The van der Waals surface area contributed by atoms with Crippen LogP contribution < -0.4 is 11.3 Å². The number of nitrogens with one attached hydrogen (secondary N) is 1. The van der Waals surface area contributed by atoms with Crippen LogP contribution >= 0.6 is 27.5 Å². The molecule has 2 rings (SSSR count). The number of hydrazine groups is 1. The normalized spacial score (nSPS) is 12.5. The van der Waals surface area contributed by atoms with Crippen molar-refractivity contribution in [2.24, 2.45) is 5.84 Å². The van der Waals surface area contributed by atoms with Gasteiger partial charge in [-0.15, -0.1) is 0 Å². The maximum atomic E-state index is 14.2. The smallest absolute Gasteiger partial charge is 0.142 e. The number of halogens is 3. The Labute approximate surface area is 124 Å². The van der Waals surface area contributed by atoms with Gasteiger partial charge in [-0.2, -0.15) is 0 Å². The van der Waals surface area contributed by atoms with Crippen LogP contribution in [0, 0.1) is 12.7 Å². The lowest BCUT2D eigenvalue weighted by Gasteiger charge is -2.20. The predicted molar refractivity (Wildman–Crippen MR) is 79.5 cm³/mol. The zero-order valence-electron chi connectivity index (χ0n) is 10.3. The van der Waals surface area contributed by atoms with E-state index in [0.29, 0.717) is 15.1 Å². The number of hydrogen-bond acceptors (Lipinski definition) is 2. The van der Waals surface area contributed by atoms with Crippen molar-refractivity contribution in [1.29, 1.82) is 0 Å². The fourth-order valence-electron chi connectivity index (χ4n) is 2.03. The molecular formula is C14H13BrClFN2. The summed E-state index contributed by atoms with van der Waals surface area (Å²) >= 11 is 9.28. The molecule has 2 aromatic carbocycles. The summed E-state index contributed by atoms with van der Waals surface area (Å²) < 4.78 is 14.6. The first kappa shape index (κ1) is 14.5. The molecule has 0 aromatic heterocycles. The zero-order valence-corrected chi connectivity index (χ0v) is 12.6. The highest BCUT2D eigenvalue weighted by molar-refractivity contribution is 9.10. The minimum Gasteiger partial charge on any atom is -0.271 e. The predicted octanol–water partition coefficient (Wildman–Crippen LogP) is 4.10. The minimum atomic E-state index is -0.448. The largest absolute Gasteiger partial charge is 0.271 e. The Morgan fingerprint density at radius 2 is 1.84 bits per heavy atom. The summed E-state index contributed by atoms with van der Waals surface area (Å²) in [5, 5.41) is 0.633. The molecule has 0 spiro atoms. The molecule has 0 aliphatic rings. The molecule has 0 heterocycles. The van der Waals surface area contributed by atoms with E-state index >= 15 is 0 Å². The molecule has 100 valence electrons. The van der Waals surface area contributed by atoms with Crippen molar-refractivity contribution in [2.45, 2.75) is 13.0 Å². The third-order valence-electron chi connectivity index (χ3n) is 3.08. The molecule has 19 heavy (non-hydrogen) atoms. The van der Waals surface area contributed by atoms with E-state index in [0.717, 1.165) is 11.1 Å². The summed E-state index contributed by atoms with van der Waals surface area (Å²) in [5.41, 5.74) is 4.86. The van der Waals surface area contributed by atoms with Gasteiger partial charge in [0.15, 0.2) is 0 Å². The first-order valence-corrected chi connectivity index (χ1v) is 6.88. The topological polar surface area (TPSA) is 38.0 Å². The molecule has 0 fully saturated rings. The van der Waals surface area contributed by atoms with E-state index in [4.69, 9.17) is 17.4 Å². The van der Waals surface area contributed by atoms with E-state index in [1.807, 2.05) is 19.1 Å². The number of hydrogen-bond donors (Lipinski definition) is 2. The second kappa shape index (κ2) is 6.01. The molecule has 0 aliphatic carbocycles. The number of benzene rings is 2. The second-order valence-corrected chi connectivity index (χ2v) is 5.46. The SMILES string of the molecule is Cc1c(Cl)cccc1C(NN)c1cccc(Br)c1F. The highest BCUT2D eigenvalue weighted by Gasteiger charge is 2.20. The Hall–Kier alpha value is -0.940. The van der Waals surface area contributed by atoms with Crippen molar-refractivity contribution in [3.8, 4) is 0 Å². The lowest BCUT2D eigenvalue weighted by molar-refractivity contribution is 0.555. The Morgan fingerprint density at radius 1 is 1.21 bits per heavy atom. The molecule has 1 unspecified atom stereocenters. The maximum absolute atomic E-state index is 14.2. The average Bonchev–Trinajstić information content (AvgIpc) is 2.40. The third-order valence-corrected chi connectivity index (χ3v) is 4.10. The first-order valence-electron chi connectivity index (χ1n) is 5.71. The third kappa shape index (κ3) is 2.82. The van der Waals surface area contributed by atoms with Gasteiger partial charge in [0, 0.05) is 10.6 Å². The standard InChI is InChI=1S/C14H13BrClFN2/c1-8-9(4-3-7-12(8)16)14(19-18)10-5-2-6-11(15)13(10)17/h2-7,14,19H,18H2,1H3. The Kier molecular flexibility index (Phi) is 4.58. The van der Waals surface area contributed by atoms with Crippen molar-refractivity contribution >= 4 is 27.5 Å².